The molecule has 1 aromatic heterocycles. The van der Waals surface area contributed by atoms with Gasteiger partial charge in [-0.2, -0.15) is 0 Å². The monoisotopic (exact) mass is 338 g/mol. The molecule has 104 valence electrons. The molecule has 6 nitrogen and oxygen atoms in total. The molecular weight excluding hydrogens is 328 g/mol. The summed E-state index contributed by atoms with van der Waals surface area (Å²) >= 11 is 3.31. The number of ether oxygens (including phenoxy) is 1. The number of pyridine rings is 1. The van der Waals surface area contributed by atoms with Crippen LogP contribution in [-0.4, -0.2) is 15.0 Å². The first-order valence-electron chi connectivity index (χ1n) is 5.70. The van der Waals surface area contributed by atoms with Gasteiger partial charge in [0.1, 0.15) is 12.4 Å². The zero-order valence-electron chi connectivity index (χ0n) is 10.3. The standard InChI is InChI=1S/C13H11BrN2O4/c14-11-3-9(5-15-6-11)8-20-13-2-1-12(16(18)19)4-10(13)7-17/h1-6,17H,7-8H2. The molecule has 0 saturated heterocycles. The smallest absolute Gasteiger partial charge is 0.270 e. The Morgan fingerprint density at radius 1 is 1.35 bits per heavy atom. The molecule has 0 aliphatic heterocycles. The average molecular weight is 339 g/mol. The fourth-order valence-corrected chi connectivity index (χ4v) is 2.05. The van der Waals surface area contributed by atoms with Crippen LogP contribution < -0.4 is 4.74 Å². The lowest BCUT2D eigenvalue weighted by atomic mass is 10.2. The van der Waals surface area contributed by atoms with E-state index in [1.807, 2.05) is 6.07 Å². The molecule has 0 unspecified atom stereocenters. The second-order valence-corrected chi connectivity index (χ2v) is 4.92. The summed E-state index contributed by atoms with van der Waals surface area (Å²) in [5, 5.41) is 19.9. The summed E-state index contributed by atoms with van der Waals surface area (Å²) < 4.78 is 6.40. The summed E-state index contributed by atoms with van der Waals surface area (Å²) in [7, 11) is 0. The van der Waals surface area contributed by atoms with Crippen LogP contribution in [0.2, 0.25) is 0 Å². The van der Waals surface area contributed by atoms with Gasteiger partial charge in [0.2, 0.25) is 0 Å². The van der Waals surface area contributed by atoms with Crippen LogP contribution in [0, 0.1) is 10.1 Å². The molecule has 1 N–H and O–H groups in total. The van der Waals surface area contributed by atoms with Crippen molar-refractivity contribution in [2.75, 3.05) is 0 Å². The van der Waals surface area contributed by atoms with Crippen molar-refractivity contribution in [3.8, 4) is 5.75 Å². The number of aliphatic hydroxyl groups excluding tert-OH is 1. The van der Waals surface area contributed by atoms with Crippen molar-refractivity contribution in [1.82, 2.24) is 4.98 Å². The van der Waals surface area contributed by atoms with E-state index in [9.17, 15) is 15.2 Å². The van der Waals surface area contributed by atoms with E-state index in [4.69, 9.17) is 4.74 Å². The predicted octanol–water partition coefficient (Wildman–Crippen LogP) is 2.82. The Hall–Kier alpha value is -1.99. The summed E-state index contributed by atoms with van der Waals surface area (Å²) in [6.07, 6.45) is 3.32. The van der Waals surface area contributed by atoms with Gasteiger partial charge in [0, 0.05) is 40.1 Å². The molecule has 20 heavy (non-hydrogen) atoms. The second kappa shape index (κ2) is 6.44. The summed E-state index contributed by atoms with van der Waals surface area (Å²) in [4.78, 5) is 14.2. The quantitative estimate of drug-likeness (QED) is 0.669. The van der Waals surface area contributed by atoms with Gasteiger partial charge in [-0.25, -0.2) is 0 Å². The summed E-state index contributed by atoms with van der Waals surface area (Å²) in [5.74, 6) is 0.415. The number of benzene rings is 1. The fourth-order valence-electron chi connectivity index (χ4n) is 1.64. The Kier molecular flexibility index (Phi) is 4.65. The highest BCUT2D eigenvalue weighted by Gasteiger charge is 2.11. The van der Waals surface area contributed by atoms with Crippen LogP contribution in [0.3, 0.4) is 0 Å². The third-order valence-corrected chi connectivity index (χ3v) is 3.01. The van der Waals surface area contributed by atoms with E-state index in [-0.39, 0.29) is 18.9 Å². The van der Waals surface area contributed by atoms with Gasteiger partial charge in [-0.15, -0.1) is 0 Å². The molecule has 1 aromatic carbocycles. The molecule has 0 fully saturated rings. The zero-order valence-corrected chi connectivity index (χ0v) is 11.9. The number of halogens is 1. The van der Waals surface area contributed by atoms with Crippen molar-refractivity contribution in [1.29, 1.82) is 0 Å². The van der Waals surface area contributed by atoms with E-state index in [0.717, 1.165) is 10.0 Å². The maximum atomic E-state index is 10.7. The highest BCUT2D eigenvalue weighted by Crippen LogP contribution is 2.25. The van der Waals surface area contributed by atoms with Crippen molar-refractivity contribution in [2.45, 2.75) is 13.2 Å². The lowest BCUT2D eigenvalue weighted by molar-refractivity contribution is -0.385. The van der Waals surface area contributed by atoms with E-state index < -0.39 is 4.92 Å². The molecule has 1 heterocycles. The molecule has 7 heteroatoms. The Balaban J connectivity index is 2.15. The molecule has 2 aromatic rings. The van der Waals surface area contributed by atoms with Crippen LogP contribution in [0.15, 0.2) is 41.1 Å². The number of aromatic nitrogens is 1. The van der Waals surface area contributed by atoms with Crippen molar-refractivity contribution in [2.24, 2.45) is 0 Å². The Bertz CT molecular complexity index is 634. The number of nitro benzene ring substituents is 1. The molecular formula is C13H11BrN2O4. The fraction of sp³-hybridized carbons (Fsp3) is 0.154. The number of nitro groups is 1. The normalized spacial score (nSPS) is 10.3. The number of rotatable bonds is 5. The highest BCUT2D eigenvalue weighted by atomic mass is 79.9. The summed E-state index contributed by atoms with van der Waals surface area (Å²) in [6.45, 7) is -0.0645. The third kappa shape index (κ3) is 3.52. The minimum atomic E-state index is -0.513. The van der Waals surface area contributed by atoms with E-state index in [1.165, 1.54) is 18.2 Å². The van der Waals surface area contributed by atoms with Crippen LogP contribution in [0.5, 0.6) is 5.75 Å². The van der Waals surface area contributed by atoms with Crippen molar-refractivity contribution in [3.05, 3.63) is 62.4 Å². The molecule has 0 aliphatic rings. The number of aliphatic hydroxyl groups is 1. The molecule has 0 aliphatic carbocycles. The van der Waals surface area contributed by atoms with Crippen LogP contribution in [0.25, 0.3) is 0 Å². The van der Waals surface area contributed by atoms with Gasteiger partial charge in [0.05, 0.1) is 11.5 Å². The molecule has 0 atom stereocenters. The number of hydrogen-bond donors (Lipinski definition) is 1. The molecule has 0 spiro atoms. The largest absolute Gasteiger partial charge is 0.488 e. The number of non-ortho nitro benzene ring substituents is 1. The first-order valence-corrected chi connectivity index (χ1v) is 6.50. The van der Waals surface area contributed by atoms with E-state index in [1.54, 1.807) is 12.4 Å². The Morgan fingerprint density at radius 3 is 2.80 bits per heavy atom. The maximum absolute atomic E-state index is 10.7. The molecule has 0 bridgehead atoms. The minimum Gasteiger partial charge on any atom is -0.488 e. The van der Waals surface area contributed by atoms with E-state index >= 15 is 0 Å². The van der Waals surface area contributed by atoms with Crippen molar-refractivity contribution >= 4 is 21.6 Å². The third-order valence-electron chi connectivity index (χ3n) is 2.58. The lowest BCUT2D eigenvalue weighted by Gasteiger charge is -2.10. The van der Waals surface area contributed by atoms with Crippen molar-refractivity contribution < 1.29 is 14.8 Å². The second-order valence-electron chi connectivity index (χ2n) is 4.01. The highest BCUT2D eigenvalue weighted by molar-refractivity contribution is 9.10. The topological polar surface area (TPSA) is 85.5 Å². The Labute approximate surface area is 123 Å². The first-order chi connectivity index (χ1) is 9.60. The molecule has 0 saturated carbocycles. The van der Waals surface area contributed by atoms with Crippen LogP contribution in [-0.2, 0) is 13.2 Å². The predicted molar refractivity (Wildman–Crippen MR) is 75.3 cm³/mol. The zero-order chi connectivity index (χ0) is 14.5. The van der Waals surface area contributed by atoms with Crippen LogP contribution >= 0.6 is 15.9 Å². The van der Waals surface area contributed by atoms with Gasteiger partial charge >= 0.3 is 0 Å². The molecule has 2 rings (SSSR count). The van der Waals surface area contributed by atoms with Gasteiger partial charge in [0.15, 0.2) is 0 Å². The van der Waals surface area contributed by atoms with Gasteiger partial charge < -0.3 is 9.84 Å². The minimum absolute atomic E-state index is 0.0782. The maximum Gasteiger partial charge on any atom is 0.270 e. The Morgan fingerprint density at radius 2 is 2.15 bits per heavy atom. The lowest BCUT2D eigenvalue weighted by Crippen LogP contribution is -2.00. The van der Waals surface area contributed by atoms with Gasteiger partial charge in [0.25, 0.3) is 5.69 Å². The number of nitrogens with zero attached hydrogens (tertiary/aromatic N) is 2. The molecule has 0 amide bonds. The van der Waals surface area contributed by atoms with Crippen molar-refractivity contribution in [3.63, 3.8) is 0 Å². The van der Waals surface area contributed by atoms with Gasteiger partial charge in [-0.05, 0) is 28.1 Å². The van der Waals surface area contributed by atoms with E-state index in [0.29, 0.717) is 11.3 Å². The van der Waals surface area contributed by atoms with Gasteiger partial charge in [-0.3, -0.25) is 15.1 Å². The summed E-state index contributed by atoms with van der Waals surface area (Å²) in [5.41, 5.74) is 1.15. The first kappa shape index (κ1) is 14.4. The van der Waals surface area contributed by atoms with E-state index in [2.05, 4.69) is 20.9 Å². The summed E-state index contributed by atoms with van der Waals surface area (Å²) in [6, 6.07) is 5.98. The van der Waals surface area contributed by atoms with Crippen LogP contribution in [0.1, 0.15) is 11.1 Å². The number of hydrogen-bond acceptors (Lipinski definition) is 5. The van der Waals surface area contributed by atoms with Gasteiger partial charge in [-0.1, -0.05) is 0 Å². The molecule has 0 radical (unpaired) electrons. The SMILES string of the molecule is O=[N+]([O-])c1ccc(OCc2cncc(Br)c2)c(CO)c1. The van der Waals surface area contributed by atoms with Crippen LogP contribution in [0.4, 0.5) is 5.69 Å². The average Bonchev–Trinajstić information content (AvgIpc) is 2.45.